The van der Waals surface area contributed by atoms with Gasteiger partial charge in [0.1, 0.15) is 0 Å². The van der Waals surface area contributed by atoms with Crippen LogP contribution in [0.1, 0.15) is 56.9 Å². The second-order valence-corrected chi connectivity index (χ2v) is 13.2. The fraction of sp³-hybridized carbons (Fsp3) is 0.111. The van der Waals surface area contributed by atoms with Crippen molar-refractivity contribution < 1.29 is 0 Å². The molecular formula is C45H34N2. The van der Waals surface area contributed by atoms with E-state index in [9.17, 15) is 0 Å². The Hall–Kier alpha value is -5.44. The van der Waals surface area contributed by atoms with Gasteiger partial charge < -0.3 is 4.90 Å². The molecule has 3 unspecified atom stereocenters. The minimum Gasteiger partial charge on any atom is -0.333 e. The number of anilines is 2. The number of fused-ring (bicyclic) bond motifs is 7. The average Bonchev–Trinajstić information content (AvgIpc) is 3.81. The van der Waals surface area contributed by atoms with E-state index in [0.717, 1.165) is 0 Å². The Bertz CT molecular complexity index is 2160. The highest BCUT2D eigenvalue weighted by Crippen LogP contribution is 2.63. The van der Waals surface area contributed by atoms with Crippen LogP contribution < -0.4 is 10.2 Å². The molecule has 2 aliphatic carbocycles. The minimum atomic E-state index is -0.465. The average molecular weight is 603 g/mol. The number of nitrogens with zero attached hydrogens (tertiary/aromatic N) is 1. The molecule has 2 nitrogen and oxygen atoms in total. The van der Waals surface area contributed by atoms with E-state index in [2.05, 4.69) is 186 Å². The largest absolute Gasteiger partial charge is 0.333 e. The summed E-state index contributed by atoms with van der Waals surface area (Å²) in [5.74, 6) is 0.271. The van der Waals surface area contributed by atoms with Crippen LogP contribution in [0.4, 0.5) is 11.4 Å². The first-order valence-corrected chi connectivity index (χ1v) is 16.8. The Labute approximate surface area is 276 Å². The second kappa shape index (κ2) is 10.3. The van der Waals surface area contributed by atoms with Gasteiger partial charge in [0.25, 0.3) is 0 Å². The molecule has 6 aromatic rings. The Morgan fingerprint density at radius 3 is 1.94 bits per heavy atom. The number of nitrogens with one attached hydrogen (secondary N) is 1. The predicted octanol–water partition coefficient (Wildman–Crippen LogP) is 10.2. The van der Waals surface area contributed by atoms with E-state index in [4.69, 9.17) is 0 Å². The summed E-state index contributed by atoms with van der Waals surface area (Å²) < 4.78 is 0. The molecule has 0 amide bonds. The number of benzene rings is 6. The standard InChI is InChI=1S/C45H34N2/c1-4-15-30(16-5-1)42-43(46-42)31-17-14-22-34(29-31)47-40-26-13-11-24-36(40)38-28-27-37-35-23-10-12-25-39(35)45(41(37)44(38)47,32-18-6-2-7-19-32)33-20-8-3-9-21-33/h1-29,36,40,42-43,46H/t36?,40?,42?,43-/m1/s1. The Balaban J connectivity index is 1.23. The summed E-state index contributed by atoms with van der Waals surface area (Å²) in [4.78, 5) is 2.66. The molecule has 2 heteroatoms. The Kier molecular flexibility index (Phi) is 5.85. The molecule has 6 aromatic carbocycles. The van der Waals surface area contributed by atoms with E-state index in [1.807, 2.05) is 0 Å². The van der Waals surface area contributed by atoms with Gasteiger partial charge in [-0.2, -0.15) is 0 Å². The monoisotopic (exact) mass is 602 g/mol. The van der Waals surface area contributed by atoms with Crippen molar-refractivity contribution in [2.45, 2.75) is 29.5 Å². The van der Waals surface area contributed by atoms with Crippen molar-refractivity contribution in [3.63, 3.8) is 0 Å². The lowest BCUT2D eigenvalue weighted by molar-refractivity contribution is 0.737. The van der Waals surface area contributed by atoms with Crippen LogP contribution in [0.5, 0.6) is 0 Å². The SMILES string of the molecule is C1=CC2c3ccc4c(c3N(c3cccc([C@H]5NC5c5ccccc5)c3)C2C=C1)C(c1ccccc1)(c1ccccc1)c1ccccc1-4. The van der Waals surface area contributed by atoms with Gasteiger partial charge in [-0.05, 0) is 56.6 Å². The van der Waals surface area contributed by atoms with E-state index in [-0.39, 0.29) is 12.0 Å². The summed E-state index contributed by atoms with van der Waals surface area (Å²) in [6, 6.07) is 57.3. The lowest BCUT2D eigenvalue weighted by atomic mass is 9.67. The highest BCUT2D eigenvalue weighted by molar-refractivity contribution is 5.95. The van der Waals surface area contributed by atoms with E-state index in [1.165, 1.54) is 61.4 Å². The first-order chi connectivity index (χ1) is 23.3. The van der Waals surface area contributed by atoms with Crippen LogP contribution in [0.15, 0.2) is 176 Å². The van der Waals surface area contributed by atoms with Gasteiger partial charge in [-0.15, -0.1) is 0 Å². The fourth-order valence-electron chi connectivity index (χ4n) is 8.89. The summed E-state index contributed by atoms with van der Waals surface area (Å²) in [6.45, 7) is 0. The molecule has 2 aliphatic heterocycles. The molecule has 0 spiro atoms. The molecule has 1 fully saturated rings. The molecule has 2 heterocycles. The summed E-state index contributed by atoms with van der Waals surface area (Å²) in [5, 5.41) is 3.76. The van der Waals surface area contributed by atoms with Crippen molar-refractivity contribution in [2.75, 3.05) is 4.90 Å². The quantitative estimate of drug-likeness (QED) is 0.198. The highest BCUT2D eigenvalue weighted by Gasteiger charge is 2.52. The molecule has 4 aliphatic rings. The lowest BCUT2D eigenvalue weighted by Gasteiger charge is -2.37. The molecule has 10 rings (SSSR count). The molecule has 1 N–H and O–H groups in total. The number of hydrogen-bond acceptors (Lipinski definition) is 2. The number of allylic oxidation sites excluding steroid dienone is 2. The number of hydrogen-bond donors (Lipinski definition) is 1. The predicted molar refractivity (Wildman–Crippen MR) is 192 cm³/mol. The molecule has 1 saturated heterocycles. The first kappa shape index (κ1) is 26.7. The van der Waals surface area contributed by atoms with Crippen LogP contribution in [-0.2, 0) is 5.41 Å². The van der Waals surface area contributed by atoms with E-state index >= 15 is 0 Å². The third-order valence-electron chi connectivity index (χ3n) is 10.9. The molecule has 4 atom stereocenters. The number of rotatable bonds is 5. The molecule has 0 radical (unpaired) electrons. The van der Waals surface area contributed by atoms with E-state index < -0.39 is 5.41 Å². The van der Waals surface area contributed by atoms with Crippen LogP contribution in [-0.4, -0.2) is 6.04 Å². The van der Waals surface area contributed by atoms with E-state index in [0.29, 0.717) is 12.1 Å². The van der Waals surface area contributed by atoms with Gasteiger partial charge >= 0.3 is 0 Å². The Morgan fingerprint density at radius 2 is 1.17 bits per heavy atom. The van der Waals surface area contributed by atoms with Crippen molar-refractivity contribution in [1.29, 1.82) is 0 Å². The molecule has 47 heavy (non-hydrogen) atoms. The topological polar surface area (TPSA) is 25.2 Å². The van der Waals surface area contributed by atoms with Crippen LogP contribution in [0, 0.1) is 0 Å². The third-order valence-corrected chi connectivity index (χ3v) is 10.9. The van der Waals surface area contributed by atoms with E-state index in [1.54, 1.807) is 0 Å². The summed E-state index contributed by atoms with van der Waals surface area (Å²) >= 11 is 0. The van der Waals surface area contributed by atoms with Gasteiger partial charge in [-0.1, -0.05) is 164 Å². The maximum atomic E-state index is 3.76. The lowest BCUT2D eigenvalue weighted by Crippen LogP contribution is -2.33. The minimum absolute atomic E-state index is 0.196. The van der Waals surface area contributed by atoms with Crippen molar-refractivity contribution in [3.8, 4) is 11.1 Å². The normalized spacial score (nSPS) is 22.3. The van der Waals surface area contributed by atoms with Gasteiger partial charge in [-0.3, -0.25) is 5.32 Å². The van der Waals surface area contributed by atoms with Crippen molar-refractivity contribution in [1.82, 2.24) is 5.32 Å². The van der Waals surface area contributed by atoms with Gasteiger partial charge in [-0.25, -0.2) is 0 Å². The van der Waals surface area contributed by atoms with Crippen LogP contribution in [0.3, 0.4) is 0 Å². The maximum absolute atomic E-state index is 3.76. The second-order valence-electron chi connectivity index (χ2n) is 13.2. The summed E-state index contributed by atoms with van der Waals surface area (Å²) in [6.07, 6.45) is 9.27. The first-order valence-electron chi connectivity index (χ1n) is 16.8. The van der Waals surface area contributed by atoms with Gasteiger partial charge in [0.2, 0.25) is 0 Å². The molecule has 224 valence electrons. The zero-order chi connectivity index (χ0) is 31.0. The van der Waals surface area contributed by atoms with Gasteiger partial charge in [0, 0.05) is 17.2 Å². The summed E-state index contributed by atoms with van der Waals surface area (Å²) in [7, 11) is 0. The molecule has 0 saturated carbocycles. The fourth-order valence-corrected chi connectivity index (χ4v) is 8.89. The van der Waals surface area contributed by atoms with Crippen molar-refractivity contribution >= 4 is 11.4 Å². The molecule has 0 aromatic heterocycles. The maximum Gasteiger partial charge on any atom is 0.0734 e. The zero-order valence-electron chi connectivity index (χ0n) is 26.0. The molecular weight excluding hydrogens is 569 g/mol. The Morgan fingerprint density at radius 1 is 0.532 bits per heavy atom. The highest BCUT2D eigenvalue weighted by atomic mass is 15.2. The van der Waals surface area contributed by atoms with Gasteiger partial charge in [0.05, 0.1) is 29.2 Å². The summed E-state index contributed by atoms with van der Waals surface area (Å²) in [5.41, 5.74) is 14.2. The third kappa shape index (κ3) is 3.83. The zero-order valence-corrected chi connectivity index (χ0v) is 26.0. The van der Waals surface area contributed by atoms with Crippen LogP contribution in [0.25, 0.3) is 11.1 Å². The van der Waals surface area contributed by atoms with Gasteiger partial charge in [0.15, 0.2) is 0 Å². The van der Waals surface area contributed by atoms with Crippen LogP contribution in [0.2, 0.25) is 0 Å². The van der Waals surface area contributed by atoms with Crippen molar-refractivity contribution in [3.05, 3.63) is 215 Å². The van der Waals surface area contributed by atoms with Crippen LogP contribution >= 0.6 is 0 Å². The smallest absolute Gasteiger partial charge is 0.0734 e. The van der Waals surface area contributed by atoms with Crippen molar-refractivity contribution in [2.24, 2.45) is 0 Å². The molecule has 0 bridgehead atoms.